The predicted molar refractivity (Wildman–Crippen MR) is 88.3 cm³/mol. The maximum absolute atomic E-state index is 6.18. The summed E-state index contributed by atoms with van der Waals surface area (Å²) in [5.41, 5.74) is 2.88. The number of ether oxygens (including phenoxy) is 1. The Hall–Kier alpha value is -1.22. The SMILES string of the molecule is CCN1CCCCC1(C)COc1ccc2c(c1)CCCN2. The lowest BCUT2D eigenvalue weighted by Gasteiger charge is -2.44. The summed E-state index contributed by atoms with van der Waals surface area (Å²) in [5, 5.41) is 3.46. The highest BCUT2D eigenvalue weighted by atomic mass is 16.5. The highest BCUT2D eigenvalue weighted by Gasteiger charge is 2.34. The normalized spacial score (nSPS) is 26.0. The molecule has 2 aliphatic heterocycles. The van der Waals surface area contributed by atoms with Crippen LogP contribution in [0.25, 0.3) is 0 Å². The van der Waals surface area contributed by atoms with Crippen LogP contribution in [0.4, 0.5) is 5.69 Å². The van der Waals surface area contributed by atoms with Gasteiger partial charge in [0.2, 0.25) is 0 Å². The highest BCUT2D eigenvalue weighted by Crippen LogP contribution is 2.30. The largest absolute Gasteiger partial charge is 0.492 e. The third kappa shape index (κ3) is 3.18. The number of anilines is 1. The van der Waals surface area contributed by atoms with E-state index in [1.54, 1.807) is 0 Å². The van der Waals surface area contributed by atoms with Crippen molar-refractivity contribution in [1.29, 1.82) is 0 Å². The van der Waals surface area contributed by atoms with Crippen LogP contribution < -0.4 is 10.1 Å². The smallest absolute Gasteiger partial charge is 0.119 e. The first-order valence-corrected chi connectivity index (χ1v) is 8.46. The molecule has 0 aliphatic carbocycles. The first-order valence-electron chi connectivity index (χ1n) is 8.46. The maximum atomic E-state index is 6.18. The third-order valence-corrected chi connectivity index (χ3v) is 5.10. The van der Waals surface area contributed by atoms with Gasteiger partial charge in [0, 0.05) is 12.2 Å². The van der Waals surface area contributed by atoms with Gasteiger partial charge in [-0.2, -0.15) is 0 Å². The van der Waals surface area contributed by atoms with Gasteiger partial charge in [0.05, 0.1) is 5.54 Å². The van der Waals surface area contributed by atoms with Crippen molar-refractivity contribution in [1.82, 2.24) is 4.90 Å². The first kappa shape index (κ1) is 14.7. The van der Waals surface area contributed by atoms with Crippen molar-refractivity contribution >= 4 is 5.69 Å². The maximum Gasteiger partial charge on any atom is 0.119 e. The number of rotatable bonds is 4. The van der Waals surface area contributed by atoms with E-state index < -0.39 is 0 Å². The number of likely N-dealkylation sites (tertiary alicyclic amines) is 1. The summed E-state index contributed by atoms with van der Waals surface area (Å²) in [4.78, 5) is 2.58. The van der Waals surface area contributed by atoms with Crippen LogP contribution in [-0.2, 0) is 6.42 Å². The summed E-state index contributed by atoms with van der Waals surface area (Å²) in [6.45, 7) is 8.84. The van der Waals surface area contributed by atoms with E-state index in [2.05, 4.69) is 42.3 Å². The Bertz CT molecular complexity index is 488. The van der Waals surface area contributed by atoms with Crippen LogP contribution in [0, 0.1) is 0 Å². The Kier molecular flexibility index (Phi) is 4.39. The number of nitrogens with one attached hydrogen (secondary N) is 1. The van der Waals surface area contributed by atoms with Gasteiger partial charge >= 0.3 is 0 Å². The fraction of sp³-hybridized carbons (Fsp3) is 0.667. The lowest BCUT2D eigenvalue weighted by atomic mass is 9.89. The van der Waals surface area contributed by atoms with E-state index in [-0.39, 0.29) is 5.54 Å². The van der Waals surface area contributed by atoms with Crippen LogP contribution in [-0.4, -0.2) is 36.7 Å². The van der Waals surface area contributed by atoms with E-state index in [9.17, 15) is 0 Å². The summed E-state index contributed by atoms with van der Waals surface area (Å²) < 4.78 is 6.18. The Balaban J connectivity index is 1.66. The van der Waals surface area contributed by atoms with Crippen LogP contribution in [0.2, 0.25) is 0 Å². The lowest BCUT2D eigenvalue weighted by Crippen LogP contribution is -2.53. The molecule has 1 aromatic rings. The molecule has 0 bridgehead atoms. The molecule has 1 fully saturated rings. The number of likely N-dealkylation sites (N-methyl/N-ethyl adjacent to an activating group) is 1. The van der Waals surface area contributed by atoms with E-state index in [4.69, 9.17) is 4.74 Å². The number of piperidine rings is 1. The van der Waals surface area contributed by atoms with E-state index >= 15 is 0 Å². The van der Waals surface area contributed by atoms with E-state index in [0.717, 1.165) is 31.9 Å². The summed E-state index contributed by atoms with van der Waals surface area (Å²) in [7, 11) is 0. The van der Waals surface area contributed by atoms with Crippen LogP contribution in [0.1, 0.15) is 45.1 Å². The standard InChI is InChI=1S/C18H28N2O/c1-3-20-12-5-4-10-18(20,2)14-21-16-8-9-17-15(13-16)7-6-11-19-17/h8-9,13,19H,3-7,10-12,14H2,1-2H3. The van der Waals surface area contributed by atoms with Gasteiger partial charge in [-0.05, 0) is 69.5 Å². The molecule has 1 aromatic carbocycles. The minimum absolute atomic E-state index is 0.196. The molecule has 1 atom stereocenters. The van der Waals surface area contributed by atoms with Crippen LogP contribution in [0.3, 0.4) is 0 Å². The second kappa shape index (κ2) is 6.27. The molecule has 1 saturated heterocycles. The van der Waals surface area contributed by atoms with Crippen molar-refractivity contribution in [2.24, 2.45) is 0 Å². The average Bonchev–Trinajstić information content (AvgIpc) is 2.53. The van der Waals surface area contributed by atoms with Crippen LogP contribution in [0.5, 0.6) is 5.75 Å². The topological polar surface area (TPSA) is 24.5 Å². The van der Waals surface area contributed by atoms with Gasteiger partial charge in [-0.1, -0.05) is 13.3 Å². The molecule has 0 spiro atoms. The van der Waals surface area contributed by atoms with Gasteiger partial charge in [-0.25, -0.2) is 0 Å². The molecule has 0 aromatic heterocycles. The number of hydrogen-bond acceptors (Lipinski definition) is 3. The van der Waals surface area contributed by atoms with Crippen molar-refractivity contribution in [3.63, 3.8) is 0 Å². The van der Waals surface area contributed by atoms with Crippen molar-refractivity contribution in [3.8, 4) is 5.75 Å². The van der Waals surface area contributed by atoms with Gasteiger partial charge in [0.1, 0.15) is 12.4 Å². The molecule has 2 heterocycles. The lowest BCUT2D eigenvalue weighted by molar-refractivity contribution is 0.0250. The number of hydrogen-bond donors (Lipinski definition) is 1. The van der Waals surface area contributed by atoms with Crippen molar-refractivity contribution < 1.29 is 4.74 Å². The summed E-state index contributed by atoms with van der Waals surface area (Å²) in [6.07, 6.45) is 6.28. The molecule has 3 nitrogen and oxygen atoms in total. The molecule has 0 amide bonds. The summed E-state index contributed by atoms with van der Waals surface area (Å²) in [6, 6.07) is 6.51. The van der Waals surface area contributed by atoms with Crippen LogP contribution in [0.15, 0.2) is 18.2 Å². The van der Waals surface area contributed by atoms with Crippen LogP contribution >= 0.6 is 0 Å². The number of aryl methyl sites for hydroxylation is 1. The Labute approximate surface area is 128 Å². The minimum atomic E-state index is 0.196. The monoisotopic (exact) mass is 288 g/mol. The average molecular weight is 288 g/mol. The van der Waals surface area contributed by atoms with E-state index in [0.29, 0.717) is 0 Å². The summed E-state index contributed by atoms with van der Waals surface area (Å²) in [5.74, 6) is 1.03. The Morgan fingerprint density at radius 2 is 2.19 bits per heavy atom. The Morgan fingerprint density at radius 1 is 1.29 bits per heavy atom. The fourth-order valence-corrected chi connectivity index (χ4v) is 3.72. The molecule has 3 heteroatoms. The summed E-state index contributed by atoms with van der Waals surface area (Å²) >= 11 is 0. The molecular formula is C18H28N2O. The first-order chi connectivity index (χ1) is 10.2. The van der Waals surface area contributed by atoms with Gasteiger partial charge in [0.25, 0.3) is 0 Å². The minimum Gasteiger partial charge on any atom is -0.492 e. The molecule has 21 heavy (non-hydrogen) atoms. The second-order valence-electron chi connectivity index (χ2n) is 6.67. The van der Waals surface area contributed by atoms with Gasteiger partial charge in [0.15, 0.2) is 0 Å². The quantitative estimate of drug-likeness (QED) is 0.914. The Morgan fingerprint density at radius 3 is 3.05 bits per heavy atom. The second-order valence-corrected chi connectivity index (χ2v) is 6.67. The van der Waals surface area contributed by atoms with Gasteiger partial charge < -0.3 is 10.1 Å². The third-order valence-electron chi connectivity index (χ3n) is 5.10. The zero-order valence-corrected chi connectivity index (χ0v) is 13.5. The fourth-order valence-electron chi connectivity index (χ4n) is 3.72. The molecule has 0 radical (unpaired) electrons. The van der Waals surface area contributed by atoms with Crippen molar-refractivity contribution in [2.45, 2.75) is 51.5 Å². The van der Waals surface area contributed by atoms with Gasteiger partial charge in [-0.15, -0.1) is 0 Å². The van der Waals surface area contributed by atoms with E-state index in [1.807, 2.05) is 0 Å². The van der Waals surface area contributed by atoms with E-state index in [1.165, 1.54) is 43.5 Å². The molecule has 0 saturated carbocycles. The highest BCUT2D eigenvalue weighted by molar-refractivity contribution is 5.55. The molecule has 3 rings (SSSR count). The van der Waals surface area contributed by atoms with Gasteiger partial charge in [-0.3, -0.25) is 4.90 Å². The van der Waals surface area contributed by atoms with Crippen molar-refractivity contribution in [2.75, 3.05) is 31.6 Å². The number of fused-ring (bicyclic) bond motifs is 1. The zero-order valence-electron chi connectivity index (χ0n) is 13.5. The van der Waals surface area contributed by atoms with Crippen molar-refractivity contribution in [3.05, 3.63) is 23.8 Å². The molecule has 1 N–H and O–H groups in total. The molecular weight excluding hydrogens is 260 g/mol. The predicted octanol–water partition coefficient (Wildman–Crippen LogP) is 3.69. The number of nitrogens with zero attached hydrogens (tertiary/aromatic N) is 1. The molecule has 1 unspecified atom stereocenters. The zero-order chi connectivity index (χ0) is 14.7. The molecule has 2 aliphatic rings. The molecule has 116 valence electrons. The number of benzene rings is 1.